The van der Waals surface area contributed by atoms with Crippen molar-refractivity contribution >= 4 is 5.96 Å². The van der Waals surface area contributed by atoms with Gasteiger partial charge in [0.05, 0.1) is 6.61 Å². The maximum atomic E-state index is 5.67. The summed E-state index contributed by atoms with van der Waals surface area (Å²) in [6.45, 7) is 8.50. The molecule has 2 aliphatic heterocycles. The smallest absolute Gasteiger partial charge is 0.194 e. The molecule has 3 heterocycles. The van der Waals surface area contributed by atoms with Gasteiger partial charge >= 0.3 is 0 Å². The van der Waals surface area contributed by atoms with Gasteiger partial charge in [-0.25, -0.2) is 9.98 Å². The second-order valence-electron chi connectivity index (χ2n) is 8.27. The van der Waals surface area contributed by atoms with Crippen molar-refractivity contribution in [2.24, 2.45) is 10.4 Å². The van der Waals surface area contributed by atoms with Crippen molar-refractivity contribution < 1.29 is 4.74 Å². The van der Waals surface area contributed by atoms with Crippen LogP contribution >= 0.6 is 0 Å². The van der Waals surface area contributed by atoms with Gasteiger partial charge in [-0.2, -0.15) is 0 Å². The van der Waals surface area contributed by atoms with Crippen LogP contribution in [0.25, 0.3) is 0 Å². The molecule has 2 saturated heterocycles. The van der Waals surface area contributed by atoms with Crippen molar-refractivity contribution in [3.8, 4) is 0 Å². The molecular weight excluding hydrogens is 362 g/mol. The van der Waals surface area contributed by atoms with Crippen LogP contribution in [-0.4, -0.2) is 53.3 Å². The monoisotopic (exact) mass is 395 g/mol. The van der Waals surface area contributed by atoms with Gasteiger partial charge in [0.25, 0.3) is 0 Å². The first-order valence-corrected chi connectivity index (χ1v) is 10.9. The molecular formula is C23H33N5O. The van der Waals surface area contributed by atoms with Gasteiger partial charge in [-0.15, -0.1) is 0 Å². The minimum absolute atomic E-state index is 0.339. The van der Waals surface area contributed by atoms with Crippen molar-refractivity contribution in [1.82, 2.24) is 19.8 Å². The molecule has 1 aromatic heterocycles. The number of rotatable bonds is 7. The summed E-state index contributed by atoms with van der Waals surface area (Å²) in [6, 6.07) is 10.7. The number of aromatic nitrogens is 2. The van der Waals surface area contributed by atoms with Crippen LogP contribution in [0.3, 0.4) is 0 Å². The Morgan fingerprint density at radius 1 is 1.28 bits per heavy atom. The van der Waals surface area contributed by atoms with Crippen molar-refractivity contribution in [1.29, 1.82) is 0 Å². The normalized spacial score (nSPS) is 22.0. The van der Waals surface area contributed by atoms with Crippen molar-refractivity contribution in [3.05, 3.63) is 54.1 Å². The fourth-order valence-corrected chi connectivity index (χ4v) is 4.45. The fourth-order valence-electron chi connectivity index (χ4n) is 4.45. The van der Waals surface area contributed by atoms with Crippen LogP contribution in [0.2, 0.25) is 0 Å². The molecule has 29 heavy (non-hydrogen) atoms. The van der Waals surface area contributed by atoms with Gasteiger partial charge in [-0.3, -0.25) is 0 Å². The molecule has 6 heteroatoms. The average Bonchev–Trinajstić information content (AvgIpc) is 3.49. The minimum atomic E-state index is 0.339. The van der Waals surface area contributed by atoms with Crippen LogP contribution in [0.5, 0.6) is 0 Å². The third-order valence-electron chi connectivity index (χ3n) is 6.14. The number of imidazole rings is 1. The Hall–Kier alpha value is -2.34. The first-order chi connectivity index (χ1) is 14.3. The molecule has 0 amide bonds. The van der Waals surface area contributed by atoms with Gasteiger partial charge in [0.1, 0.15) is 12.4 Å². The number of hydrogen-bond donors (Lipinski definition) is 1. The van der Waals surface area contributed by atoms with Crippen molar-refractivity contribution in [2.45, 2.75) is 45.7 Å². The summed E-state index contributed by atoms with van der Waals surface area (Å²) in [6.07, 6.45) is 8.53. The lowest BCUT2D eigenvalue weighted by molar-refractivity contribution is 0.156. The zero-order valence-corrected chi connectivity index (χ0v) is 17.5. The maximum Gasteiger partial charge on any atom is 0.194 e. The Morgan fingerprint density at radius 3 is 2.97 bits per heavy atom. The average molecular weight is 396 g/mol. The van der Waals surface area contributed by atoms with E-state index in [1.807, 2.05) is 6.20 Å². The molecule has 1 spiro atoms. The SMILES string of the molecule is CCNC(=NCc1nccn1CCCc1ccccc1)N1CCC2(CCOC2)C1. The summed E-state index contributed by atoms with van der Waals surface area (Å²) in [5.41, 5.74) is 1.73. The van der Waals surface area contributed by atoms with Crippen LogP contribution in [0.1, 0.15) is 37.6 Å². The fraction of sp³-hybridized carbons (Fsp3) is 0.565. The quantitative estimate of drug-likeness (QED) is 0.578. The Morgan fingerprint density at radius 2 is 2.17 bits per heavy atom. The first kappa shape index (κ1) is 20.0. The molecule has 4 rings (SSSR count). The van der Waals surface area contributed by atoms with Crippen LogP contribution in [0.15, 0.2) is 47.7 Å². The van der Waals surface area contributed by atoms with E-state index in [0.717, 1.165) is 64.0 Å². The molecule has 2 aromatic rings. The Kier molecular flexibility index (Phi) is 6.49. The van der Waals surface area contributed by atoms with Crippen LogP contribution < -0.4 is 5.32 Å². The number of nitrogens with zero attached hydrogens (tertiary/aromatic N) is 4. The highest BCUT2D eigenvalue weighted by atomic mass is 16.5. The highest BCUT2D eigenvalue weighted by Gasteiger charge is 2.42. The molecule has 0 radical (unpaired) electrons. The molecule has 1 aromatic carbocycles. The van der Waals surface area contributed by atoms with Gasteiger partial charge < -0.3 is 19.5 Å². The third kappa shape index (κ3) is 4.99. The van der Waals surface area contributed by atoms with Crippen molar-refractivity contribution in [2.75, 3.05) is 32.8 Å². The molecule has 1 unspecified atom stereocenters. The number of benzene rings is 1. The molecule has 1 atom stereocenters. The van der Waals surface area contributed by atoms with Gasteiger partial charge in [0, 0.05) is 50.6 Å². The second-order valence-corrected chi connectivity index (χ2v) is 8.27. The molecule has 0 saturated carbocycles. The van der Waals surface area contributed by atoms with Gasteiger partial charge in [0.2, 0.25) is 0 Å². The summed E-state index contributed by atoms with van der Waals surface area (Å²) in [5, 5.41) is 3.48. The summed E-state index contributed by atoms with van der Waals surface area (Å²) < 4.78 is 7.92. The topological polar surface area (TPSA) is 54.7 Å². The summed E-state index contributed by atoms with van der Waals surface area (Å²) in [4.78, 5) is 11.9. The highest BCUT2D eigenvalue weighted by Crippen LogP contribution is 2.38. The highest BCUT2D eigenvalue weighted by molar-refractivity contribution is 5.80. The third-order valence-corrected chi connectivity index (χ3v) is 6.14. The van der Waals surface area contributed by atoms with Crippen LogP contribution in [-0.2, 0) is 24.2 Å². The molecule has 0 aliphatic carbocycles. The van der Waals surface area contributed by atoms with E-state index in [-0.39, 0.29) is 0 Å². The van der Waals surface area contributed by atoms with E-state index in [1.165, 1.54) is 18.4 Å². The lowest BCUT2D eigenvalue weighted by Crippen LogP contribution is -2.41. The number of aliphatic imine (C=N–C) groups is 1. The van der Waals surface area contributed by atoms with E-state index in [1.54, 1.807) is 0 Å². The number of ether oxygens (including phenoxy) is 1. The number of nitrogens with one attached hydrogen (secondary N) is 1. The van der Waals surface area contributed by atoms with Gasteiger partial charge in [0.15, 0.2) is 5.96 Å². The van der Waals surface area contributed by atoms with Gasteiger partial charge in [-0.1, -0.05) is 30.3 Å². The Labute approximate surface area is 174 Å². The molecule has 2 aliphatic rings. The lowest BCUT2D eigenvalue weighted by atomic mass is 9.87. The zero-order valence-electron chi connectivity index (χ0n) is 17.5. The first-order valence-electron chi connectivity index (χ1n) is 10.9. The molecule has 0 bridgehead atoms. The maximum absolute atomic E-state index is 5.67. The Bertz CT molecular complexity index is 795. The van der Waals surface area contributed by atoms with E-state index in [4.69, 9.17) is 9.73 Å². The standard InChI is InChI=1S/C23H33N5O/c1-2-24-22(28-14-10-23(18-28)11-16-29-19-23)26-17-21-25-12-15-27(21)13-6-9-20-7-4-3-5-8-20/h3-5,7-8,12,15H,2,6,9-11,13-14,16-19H2,1H3,(H,24,26). The zero-order chi connectivity index (χ0) is 19.9. The summed E-state index contributed by atoms with van der Waals surface area (Å²) >= 11 is 0. The number of hydrogen-bond acceptors (Lipinski definition) is 3. The molecule has 6 nitrogen and oxygen atoms in total. The largest absolute Gasteiger partial charge is 0.381 e. The van der Waals surface area contributed by atoms with E-state index in [9.17, 15) is 0 Å². The molecule has 156 valence electrons. The predicted octanol–water partition coefficient (Wildman–Crippen LogP) is 3.09. The number of guanidine groups is 1. The van der Waals surface area contributed by atoms with E-state index in [0.29, 0.717) is 12.0 Å². The van der Waals surface area contributed by atoms with E-state index in [2.05, 4.69) is 63.2 Å². The summed E-state index contributed by atoms with van der Waals surface area (Å²) in [5.74, 6) is 2.04. The van der Waals surface area contributed by atoms with Crippen molar-refractivity contribution in [3.63, 3.8) is 0 Å². The van der Waals surface area contributed by atoms with Crippen LogP contribution in [0.4, 0.5) is 0 Å². The Balaban J connectivity index is 1.35. The van der Waals surface area contributed by atoms with E-state index >= 15 is 0 Å². The number of likely N-dealkylation sites (tertiary alicyclic amines) is 1. The van der Waals surface area contributed by atoms with Crippen LogP contribution in [0, 0.1) is 5.41 Å². The van der Waals surface area contributed by atoms with E-state index < -0.39 is 0 Å². The predicted molar refractivity (Wildman–Crippen MR) is 116 cm³/mol. The lowest BCUT2D eigenvalue weighted by Gasteiger charge is -2.25. The second kappa shape index (κ2) is 9.44. The minimum Gasteiger partial charge on any atom is -0.381 e. The molecule has 1 N–H and O–H groups in total. The number of aryl methyl sites for hydroxylation is 2. The molecule has 2 fully saturated rings. The summed E-state index contributed by atoms with van der Waals surface area (Å²) in [7, 11) is 0. The van der Waals surface area contributed by atoms with Gasteiger partial charge in [-0.05, 0) is 38.2 Å².